The molecule has 4 heterocycles. The zero-order valence-electron chi connectivity index (χ0n) is 43.2. The number of halogens is 2. The Morgan fingerprint density at radius 2 is 1.55 bits per heavy atom. The number of carbonyl (C=O) groups is 4. The number of rotatable bonds is 15. The number of allylic oxidation sites excluding steroid dienone is 5. The largest absolute Gasteiger partial charge is 0.506 e. The fraction of sp³-hybridized carbons (Fsp3) is 0.458. The Kier molecular flexibility index (Phi) is 16.2. The minimum atomic E-state index is -2.16. The summed E-state index contributed by atoms with van der Waals surface area (Å²) in [6, 6.07) is 13.1. The lowest BCUT2D eigenvalue weighted by atomic mass is 9.60. The summed E-state index contributed by atoms with van der Waals surface area (Å²) < 4.78 is 33.1. The highest BCUT2D eigenvalue weighted by Gasteiger charge is 2.77. The summed E-state index contributed by atoms with van der Waals surface area (Å²) in [7, 11) is 0. The maximum absolute atomic E-state index is 14.7. The van der Waals surface area contributed by atoms with E-state index in [1.54, 1.807) is 26.0 Å². The lowest BCUT2D eigenvalue weighted by Gasteiger charge is -2.50. The number of aliphatic hydroxyl groups is 1. The fourth-order valence-electron chi connectivity index (χ4n) is 11.1. The highest BCUT2D eigenvalue weighted by molar-refractivity contribution is 6.30. The molecule has 0 bridgehead atoms. The molecule has 0 radical (unpaired) electrons. The van der Waals surface area contributed by atoms with Crippen molar-refractivity contribution in [3.63, 3.8) is 0 Å². The average Bonchev–Trinajstić information content (AvgIpc) is 3.54. The standard InChI is InChI=1S/C38H46O9.C21H23ClFNO2/c1-21(2)11-10-18-36(8)19-17-24-29(39)28-30(40)26-12-9-13-27-35(6,7)47-37(34(43)44,20-16-23(5)33(41)42)38(26,27)46-32(28)25(31(24)45-36)15-14-22(3)4;22-18-7-5-17(6-8-18)21(26)11-14-24(15-12-21)13-1-2-20(25)16-3-9-19(23)10-4-16/h11-12,14,16-17,19,27,39H,9-10,13,15,18,20H2,1-8H3,(H,41,42)(H,43,44);3-10,26H,1-2,11-15H2. The number of hydrogen-bond acceptors (Lipinski definition) is 10. The molecule has 4 aliphatic heterocycles. The molecule has 73 heavy (non-hydrogen) atoms. The quantitative estimate of drug-likeness (QED) is 0.0644. The zero-order valence-corrected chi connectivity index (χ0v) is 44.0. The first-order valence-electron chi connectivity index (χ1n) is 25.2. The number of carbonyl (C=O) groups excluding carboxylic acids is 2. The van der Waals surface area contributed by atoms with Crippen LogP contribution in [0.5, 0.6) is 17.2 Å². The van der Waals surface area contributed by atoms with Gasteiger partial charge < -0.3 is 39.5 Å². The Morgan fingerprint density at radius 3 is 2.16 bits per heavy atom. The lowest BCUT2D eigenvalue weighted by molar-refractivity contribution is -0.184. The smallest absolute Gasteiger partial charge is 0.340 e. The number of hydrogen-bond donors (Lipinski definition) is 4. The molecular weight excluding hydrogens is 953 g/mol. The van der Waals surface area contributed by atoms with Crippen LogP contribution in [0.25, 0.3) is 6.08 Å². The third-order valence-corrected chi connectivity index (χ3v) is 15.4. The van der Waals surface area contributed by atoms with Crippen LogP contribution in [0.15, 0.2) is 101 Å². The van der Waals surface area contributed by atoms with E-state index in [9.17, 15) is 44.0 Å². The molecule has 4 unspecified atom stereocenters. The molecule has 5 aliphatic rings. The van der Waals surface area contributed by atoms with Crippen LogP contribution in [-0.4, -0.2) is 90.9 Å². The fourth-order valence-corrected chi connectivity index (χ4v) is 11.2. The van der Waals surface area contributed by atoms with E-state index in [1.165, 1.54) is 42.8 Å². The number of benzene rings is 3. The summed E-state index contributed by atoms with van der Waals surface area (Å²) >= 11 is 5.92. The molecule has 8 rings (SSSR count). The molecule has 14 heteroatoms. The summed E-state index contributed by atoms with van der Waals surface area (Å²) in [4.78, 5) is 54.4. The van der Waals surface area contributed by atoms with Gasteiger partial charge in [-0.2, -0.15) is 0 Å². The SMILES string of the molecule is CC(C)=CCCC1(C)C=Cc2c(O)c3c(c(CC=C(C)C)c2O1)OC12C(=CCCC1C(C)(C)OC2(CC=C(C)C(=O)O)C(=O)O)C3=O.O=C(CCCN1CCC(O)(c2ccc(Cl)cc2)CC1)c1ccc(F)cc1. The molecule has 1 aliphatic carbocycles. The van der Waals surface area contributed by atoms with Crippen LogP contribution in [0, 0.1) is 11.7 Å². The molecule has 1 spiro atoms. The van der Waals surface area contributed by atoms with Crippen molar-refractivity contribution in [1.29, 1.82) is 0 Å². The number of nitrogens with zero attached hydrogens (tertiary/aromatic N) is 1. The number of ketones is 2. The summed E-state index contributed by atoms with van der Waals surface area (Å²) in [5, 5.41) is 44.0. The molecule has 2 fully saturated rings. The van der Waals surface area contributed by atoms with Crippen LogP contribution >= 0.6 is 11.6 Å². The Hall–Kier alpha value is -5.86. The van der Waals surface area contributed by atoms with Crippen LogP contribution in [0.3, 0.4) is 0 Å². The van der Waals surface area contributed by atoms with Gasteiger partial charge in [0.2, 0.25) is 5.60 Å². The number of piperidine rings is 1. The van der Waals surface area contributed by atoms with E-state index in [4.69, 9.17) is 25.8 Å². The normalized spacial score (nSPS) is 24.4. The highest BCUT2D eigenvalue weighted by atomic mass is 35.5. The van der Waals surface area contributed by atoms with Gasteiger partial charge in [-0.3, -0.25) is 9.59 Å². The number of aromatic hydroxyl groups is 1. The number of likely N-dealkylation sites (tertiary alicyclic amines) is 1. The van der Waals surface area contributed by atoms with Gasteiger partial charge >= 0.3 is 11.9 Å². The Labute approximate surface area is 432 Å². The lowest BCUT2D eigenvalue weighted by Crippen LogP contribution is -2.66. The Morgan fingerprint density at radius 1 is 0.890 bits per heavy atom. The molecule has 0 aromatic heterocycles. The second-order valence-corrected chi connectivity index (χ2v) is 21.8. The molecule has 3 aromatic carbocycles. The zero-order chi connectivity index (χ0) is 53.3. The summed E-state index contributed by atoms with van der Waals surface area (Å²) in [6.07, 6.45) is 15.7. The third kappa shape index (κ3) is 11.0. The summed E-state index contributed by atoms with van der Waals surface area (Å²) in [5.41, 5.74) is -2.00. The minimum absolute atomic E-state index is 0.0407. The predicted octanol–water partition coefficient (Wildman–Crippen LogP) is 11.9. The third-order valence-electron chi connectivity index (χ3n) is 15.2. The topological polar surface area (TPSA) is 180 Å². The maximum Gasteiger partial charge on any atom is 0.340 e. The predicted molar refractivity (Wildman–Crippen MR) is 279 cm³/mol. The molecule has 4 N–H and O–H groups in total. The van der Waals surface area contributed by atoms with Crippen LogP contribution in [0.1, 0.15) is 151 Å². The molecule has 390 valence electrons. The number of carboxylic acid groups (broad SMARTS) is 2. The van der Waals surface area contributed by atoms with E-state index < -0.39 is 51.6 Å². The molecule has 4 atom stereocenters. The monoisotopic (exact) mass is 1020 g/mol. The van der Waals surface area contributed by atoms with Gasteiger partial charge in [0.15, 0.2) is 17.2 Å². The first-order chi connectivity index (χ1) is 34.4. The van der Waals surface area contributed by atoms with E-state index in [0.29, 0.717) is 72.4 Å². The molecule has 3 aromatic rings. The van der Waals surface area contributed by atoms with E-state index >= 15 is 0 Å². The number of ether oxygens (including phenoxy) is 3. The van der Waals surface area contributed by atoms with Gasteiger partial charge in [-0.1, -0.05) is 59.2 Å². The van der Waals surface area contributed by atoms with Crippen molar-refractivity contribution >= 4 is 41.2 Å². The van der Waals surface area contributed by atoms with Gasteiger partial charge in [-0.15, -0.1) is 0 Å². The number of phenolic OH excluding ortho intramolecular Hbond substituents is 1. The van der Waals surface area contributed by atoms with Crippen molar-refractivity contribution in [2.75, 3.05) is 19.6 Å². The Balaban J connectivity index is 0.000000253. The van der Waals surface area contributed by atoms with Crippen molar-refractivity contribution in [3.8, 4) is 17.2 Å². The first kappa shape index (κ1) is 54.9. The molecule has 0 saturated carbocycles. The van der Waals surface area contributed by atoms with Crippen LogP contribution in [-0.2, 0) is 26.3 Å². The van der Waals surface area contributed by atoms with Crippen LogP contribution in [0.2, 0.25) is 5.02 Å². The molecular formula is C59H69ClFNO11. The highest BCUT2D eigenvalue weighted by Crippen LogP contribution is 2.64. The maximum atomic E-state index is 14.7. The molecule has 12 nitrogen and oxygen atoms in total. The van der Waals surface area contributed by atoms with Gasteiger partial charge in [0.1, 0.15) is 34.2 Å². The number of carboxylic acids is 2. The number of fused-ring (bicyclic) bond motifs is 2. The van der Waals surface area contributed by atoms with Crippen molar-refractivity contribution in [1.82, 2.24) is 4.90 Å². The minimum Gasteiger partial charge on any atom is -0.506 e. The number of Topliss-reactive ketones (excluding diaryl/α,β-unsaturated/α-hetero) is 2. The first-order valence-corrected chi connectivity index (χ1v) is 25.6. The van der Waals surface area contributed by atoms with Crippen LogP contribution < -0.4 is 9.47 Å². The van der Waals surface area contributed by atoms with Gasteiger partial charge in [0.25, 0.3) is 0 Å². The second-order valence-electron chi connectivity index (χ2n) is 21.4. The van der Waals surface area contributed by atoms with Crippen LogP contribution in [0.4, 0.5) is 4.39 Å². The van der Waals surface area contributed by atoms with E-state index in [-0.39, 0.29) is 46.2 Å². The number of phenols is 1. The number of aliphatic carboxylic acids is 2. The van der Waals surface area contributed by atoms with Gasteiger partial charge in [-0.25, -0.2) is 14.0 Å². The van der Waals surface area contributed by atoms with Crippen molar-refractivity contribution in [2.24, 2.45) is 5.92 Å². The summed E-state index contributed by atoms with van der Waals surface area (Å²) in [5.74, 6) is -3.82. The van der Waals surface area contributed by atoms with E-state index in [2.05, 4.69) is 11.0 Å². The van der Waals surface area contributed by atoms with E-state index in [0.717, 1.165) is 43.6 Å². The second kappa shape index (κ2) is 21.5. The Bertz CT molecular complexity index is 2790. The van der Waals surface area contributed by atoms with Gasteiger partial charge in [0.05, 0.1) is 16.8 Å². The van der Waals surface area contributed by atoms with Crippen molar-refractivity contribution in [3.05, 3.63) is 140 Å². The summed E-state index contributed by atoms with van der Waals surface area (Å²) in [6.45, 7) is 17.3. The van der Waals surface area contributed by atoms with Crippen molar-refractivity contribution in [2.45, 2.75) is 148 Å². The molecule has 2 saturated heterocycles. The van der Waals surface area contributed by atoms with Gasteiger partial charge in [-0.05, 0) is 167 Å². The van der Waals surface area contributed by atoms with Crippen molar-refractivity contribution < 1.29 is 58.2 Å². The van der Waals surface area contributed by atoms with Gasteiger partial charge in [0, 0.05) is 59.1 Å². The average molecular weight is 1020 g/mol. The molecule has 0 amide bonds. The van der Waals surface area contributed by atoms with E-state index in [1.807, 2.05) is 71.0 Å².